The van der Waals surface area contributed by atoms with Crippen LogP contribution in [0.15, 0.2) is 0 Å². The Balaban J connectivity index is 4.33. The highest BCUT2D eigenvalue weighted by Gasteiger charge is 2.33. The molecule has 1 unspecified atom stereocenters. The van der Waals surface area contributed by atoms with Crippen molar-refractivity contribution >= 4 is 11.9 Å². The Morgan fingerprint density at radius 1 is 1.18 bits per heavy atom. The van der Waals surface area contributed by atoms with Gasteiger partial charge in [0.05, 0.1) is 5.41 Å². The first kappa shape index (κ1) is 15.9. The number of esters is 1. The molecule has 0 spiro atoms. The maximum Gasteiger partial charge on any atom is 0.309 e. The van der Waals surface area contributed by atoms with Crippen molar-refractivity contribution in [2.75, 3.05) is 6.54 Å². The van der Waals surface area contributed by atoms with Crippen molar-refractivity contribution in [3.8, 4) is 0 Å². The minimum absolute atomic E-state index is 0.0973. The fourth-order valence-electron chi connectivity index (χ4n) is 1.43. The number of hydrogen-bond donors (Lipinski definition) is 2. The van der Waals surface area contributed by atoms with Gasteiger partial charge in [-0.25, -0.2) is 0 Å². The van der Waals surface area contributed by atoms with Crippen LogP contribution in [-0.2, 0) is 14.3 Å². The lowest BCUT2D eigenvalue weighted by Gasteiger charge is -2.25. The molecule has 0 amide bonds. The maximum absolute atomic E-state index is 11.5. The first-order valence-electron chi connectivity index (χ1n) is 5.76. The van der Waals surface area contributed by atoms with Crippen LogP contribution in [-0.4, -0.2) is 29.2 Å². The fraction of sp³-hybridized carbons (Fsp3) is 0.833. The van der Waals surface area contributed by atoms with Gasteiger partial charge in [0.2, 0.25) is 0 Å². The third-order valence-electron chi connectivity index (χ3n) is 2.51. The summed E-state index contributed by atoms with van der Waals surface area (Å²) < 4.78 is 5.13. The van der Waals surface area contributed by atoms with Crippen molar-refractivity contribution in [2.45, 2.75) is 52.6 Å². The molecule has 0 fully saturated rings. The van der Waals surface area contributed by atoms with Gasteiger partial charge in [0.1, 0.15) is 5.60 Å². The predicted molar refractivity (Wildman–Crippen MR) is 64.5 cm³/mol. The van der Waals surface area contributed by atoms with E-state index in [1.165, 1.54) is 0 Å². The molecular weight excluding hydrogens is 222 g/mol. The van der Waals surface area contributed by atoms with Gasteiger partial charge in [0, 0.05) is 6.42 Å². The van der Waals surface area contributed by atoms with Gasteiger partial charge < -0.3 is 15.6 Å². The van der Waals surface area contributed by atoms with Crippen LogP contribution in [0, 0.1) is 5.41 Å². The summed E-state index contributed by atoms with van der Waals surface area (Å²) in [6.07, 6.45) is 0.694. The van der Waals surface area contributed by atoms with Crippen LogP contribution in [0.4, 0.5) is 0 Å². The van der Waals surface area contributed by atoms with Gasteiger partial charge in [-0.2, -0.15) is 0 Å². The van der Waals surface area contributed by atoms with E-state index in [-0.39, 0.29) is 25.4 Å². The van der Waals surface area contributed by atoms with E-state index >= 15 is 0 Å². The van der Waals surface area contributed by atoms with E-state index in [9.17, 15) is 9.59 Å². The summed E-state index contributed by atoms with van der Waals surface area (Å²) in [6, 6.07) is 0. The van der Waals surface area contributed by atoms with Crippen molar-refractivity contribution in [3.63, 3.8) is 0 Å². The van der Waals surface area contributed by atoms with Crippen LogP contribution in [0.5, 0.6) is 0 Å². The molecule has 0 aliphatic carbocycles. The minimum Gasteiger partial charge on any atom is -0.481 e. The number of ether oxygens (including phenoxy) is 1. The Hall–Kier alpha value is -1.10. The summed E-state index contributed by atoms with van der Waals surface area (Å²) in [7, 11) is 0. The largest absolute Gasteiger partial charge is 0.481 e. The average Bonchev–Trinajstić information content (AvgIpc) is 2.12. The maximum atomic E-state index is 11.5. The SMILES string of the molecule is CC(C)(C)OC(=O)CCC(C)(CCN)C(=O)O. The summed E-state index contributed by atoms with van der Waals surface area (Å²) in [5.41, 5.74) is 3.89. The lowest BCUT2D eigenvalue weighted by Crippen LogP contribution is -2.32. The Morgan fingerprint density at radius 2 is 1.71 bits per heavy atom. The summed E-state index contributed by atoms with van der Waals surface area (Å²) >= 11 is 0. The van der Waals surface area contributed by atoms with Gasteiger partial charge in [-0.1, -0.05) is 0 Å². The molecular formula is C12H23NO4. The molecule has 0 heterocycles. The standard InChI is InChI=1S/C12H23NO4/c1-11(2,3)17-9(14)5-6-12(4,7-8-13)10(15)16/h5-8,13H2,1-4H3,(H,15,16). The van der Waals surface area contributed by atoms with Crippen molar-refractivity contribution in [2.24, 2.45) is 11.1 Å². The molecule has 0 saturated heterocycles. The Kier molecular flexibility index (Phi) is 5.61. The molecule has 0 aromatic heterocycles. The fourth-order valence-corrected chi connectivity index (χ4v) is 1.43. The van der Waals surface area contributed by atoms with E-state index < -0.39 is 17.0 Å². The second kappa shape index (κ2) is 6.00. The van der Waals surface area contributed by atoms with Crippen LogP contribution in [0.2, 0.25) is 0 Å². The monoisotopic (exact) mass is 245 g/mol. The van der Waals surface area contributed by atoms with Gasteiger partial charge in [-0.05, 0) is 47.1 Å². The van der Waals surface area contributed by atoms with Gasteiger partial charge >= 0.3 is 11.9 Å². The first-order valence-corrected chi connectivity index (χ1v) is 5.76. The minimum atomic E-state index is -0.953. The normalized spacial score (nSPS) is 15.1. The third-order valence-corrected chi connectivity index (χ3v) is 2.51. The second-order valence-electron chi connectivity index (χ2n) is 5.49. The summed E-state index contributed by atoms with van der Waals surface area (Å²) in [6.45, 7) is 7.23. The zero-order chi connectivity index (χ0) is 13.7. The number of rotatable bonds is 6. The summed E-state index contributed by atoms with van der Waals surface area (Å²) in [4.78, 5) is 22.6. The molecule has 17 heavy (non-hydrogen) atoms. The molecule has 0 aromatic carbocycles. The zero-order valence-corrected chi connectivity index (χ0v) is 11.1. The van der Waals surface area contributed by atoms with Gasteiger partial charge in [-0.3, -0.25) is 9.59 Å². The van der Waals surface area contributed by atoms with E-state index in [1.54, 1.807) is 27.7 Å². The summed E-state index contributed by atoms with van der Waals surface area (Å²) in [5, 5.41) is 9.10. The number of carbonyl (C=O) groups is 2. The lowest BCUT2D eigenvalue weighted by atomic mass is 9.82. The number of carboxylic acids is 1. The zero-order valence-electron chi connectivity index (χ0n) is 11.1. The number of carbonyl (C=O) groups excluding carboxylic acids is 1. The highest BCUT2D eigenvalue weighted by atomic mass is 16.6. The van der Waals surface area contributed by atoms with Gasteiger partial charge in [0.25, 0.3) is 0 Å². The van der Waals surface area contributed by atoms with E-state index in [0.717, 1.165) is 0 Å². The Morgan fingerprint density at radius 3 is 2.06 bits per heavy atom. The van der Waals surface area contributed by atoms with Crippen molar-refractivity contribution in [3.05, 3.63) is 0 Å². The first-order chi connectivity index (χ1) is 7.60. The average molecular weight is 245 g/mol. The molecule has 1 atom stereocenters. The Bertz CT molecular complexity index is 283. The molecule has 0 aromatic rings. The molecule has 0 aliphatic heterocycles. The van der Waals surface area contributed by atoms with E-state index in [0.29, 0.717) is 6.42 Å². The molecule has 100 valence electrons. The molecule has 3 N–H and O–H groups in total. The molecule has 0 aliphatic rings. The van der Waals surface area contributed by atoms with Crippen LogP contribution in [0.25, 0.3) is 0 Å². The number of carboxylic acid groups (broad SMARTS) is 1. The predicted octanol–water partition coefficient (Wildman–Crippen LogP) is 1.55. The highest BCUT2D eigenvalue weighted by Crippen LogP contribution is 2.28. The molecule has 0 radical (unpaired) electrons. The van der Waals surface area contributed by atoms with Crippen molar-refractivity contribution in [1.29, 1.82) is 0 Å². The van der Waals surface area contributed by atoms with Crippen molar-refractivity contribution in [1.82, 2.24) is 0 Å². The van der Waals surface area contributed by atoms with E-state index in [4.69, 9.17) is 15.6 Å². The third kappa shape index (κ3) is 6.26. The topological polar surface area (TPSA) is 89.6 Å². The molecule has 0 rings (SSSR count). The summed E-state index contributed by atoms with van der Waals surface area (Å²) in [5.74, 6) is -1.30. The van der Waals surface area contributed by atoms with Crippen LogP contribution in [0.1, 0.15) is 47.0 Å². The second-order valence-corrected chi connectivity index (χ2v) is 5.49. The number of aliphatic carboxylic acids is 1. The number of nitrogens with two attached hydrogens (primary N) is 1. The van der Waals surface area contributed by atoms with E-state index in [2.05, 4.69) is 0 Å². The van der Waals surface area contributed by atoms with Gasteiger partial charge in [-0.15, -0.1) is 0 Å². The number of hydrogen-bond acceptors (Lipinski definition) is 4. The van der Waals surface area contributed by atoms with Crippen LogP contribution >= 0.6 is 0 Å². The molecule has 0 bridgehead atoms. The molecule has 5 heteroatoms. The van der Waals surface area contributed by atoms with Crippen LogP contribution in [0.3, 0.4) is 0 Å². The van der Waals surface area contributed by atoms with Crippen LogP contribution < -0.4 is 5.73 Å². The lowest BCUT2D eigenvalue weighted by molar-refractivity contribution is -0.157. The quantitative estimate of drug-likeness (QED) is 0.693. The highest BCUT2D eigenvalue weighted by molar-refractivity contribution is 5.76. The molecule has 0 saturated carbocycles. The smallest absolute Gasteiger partial charge is 0.309 e. The van der Waals surface area contributed by atoms with Gasteiger partial charge in [0.15, 0.2) is 0 Å². The Labute approximate surface area is 102 Å². The molecule has 5 nitrogen and oxygen atoms in total. The van der Waals surface area contributed by atoms with Crippen molar-refractivity contribution < 1.29 is 19.4 Å². The van der Waals surface area contributed by atoms with E-state index in [1.807, 2.05) is 0 Å².